The van der Waals surface area contributed by atoms with Gasteiger partial charge in [-0.25, -0.2) is 0 Å². The smallest absolute Gasteiger partial charge is 0.101 e. The number of anilines is 4. The Labute approximate surface area is 160 Å². The lowest BCUT2D eigenvalue weighted by Crippen LogP contribution is -1.95. The predicted octanol–water partition coefficient (Wildman–Crippen LogP) is 3.71. The van der Waals surface area contributed by atoms with Gasteiger partial charge in [0.1, 0.15) is 12.1 Å². The second kappa shape index (κ2) is 8.77. The molecule has 0 unspecified atom stereocenters. The normalized spacial score (nSPS) is 11.6. The molecule has 0 fully saturated rings. The van der Waals surface area contributed by atoms with Crippen LogP contribution in [-0.4, -0.2) is 0 Å². The second-order valence-corrected chi connectivity index (χ2v) is 6.86. The zero-order chi connectivity index (χ0) is 19.1. The van der Waals surface area contributed by atoms with Crippen LogP contribution in [0.1, 0.15) is 0 Å². The van der Waals surface area contributed by atoms with Gasteiger partial charge in [0.25, 0.3) is 0 Å². The van der Waals surface area contributed by atoms with E-state index in [2.05, 4.69) is 0 Å². The van der Waals surface area contributed by atoms with E-state index in [0.717, 1.165) is 0 Å². The molecule has 0 heterocycles. The quantitative estimate of drug-likeness (QED) is 0.265. The lowest BCUT2D eigenvalue weighted by atomic mass is 10.2. The van der Waals surface area contributed by atoms with Crippen molar-refractivity contribution >= 4 is 46.3 Å². The highest BCUT2D eigenvalue weighted by Crippen LogP contribution is 2.34. The molecule has 6 nitrogen and oxygen atoms in total. The van der Waals surface area contributed by atoms with Gasteiger partial charge in [0, 0.05) is 9.79 Å². The summed E-state index contributed by atoms with van der Waals surface area (Å²) in [6.45, 7) is 0. The molecule has 0 radical (unpaired) electrons. The van der Waals surface area contributed by atoms with Crippen molar-refractivity contribution in [3.8, 4) is 12.1 Å². The molecular weight excluding hydrogens is 364 g/mol. The summed E-state index contributed by atoms with van der Waals surface area (Å²) in [5, 5.41) is 21.9. The molecule has 2 rings (SSSR count). The summed E-state index contributed by atoms with van der Waals surface area (Å²) in [6, 6.07) is 14.6. The number of para-hydroxylation sites is 2. The minimum absolute atomic E-state index is 0.217. The Morgan fingerprint density at radius 3 is 1.46 bits per heavy atom. The molecule has 8 heteroatoms. The number of nitrogens with zero attached hydrogens (tertiary/aromatic N) is 2. The van der Waals surface area contributed by atoms with Crippen molar-refractivity contribution in [1.29, 1.82) is 10.5 Å². The topological polar surface area (TPSA) is 152 Å². The van der Waals surface area contributed by atoms with Gasteiger partial charge < -0.3 is 22.9 Å². The SMILES string of the molecule is N#CC(=CSc1cccc(N)c1N)C(C#N)=CSc1cccc(N)c1N. The van der Waals surface area contributed by atoms with E-state index in [1.54, 1.807) is 47.2 Å². The number of rotatable bonds is 5. The van der Waals surface area contributed by atoms with E-state index in [0.29, 0.717) is 32.5 Å². The van der Waals surface area contributed by atoms with Gasteiger partial charge in [-0.3, -0.25) is 0 Å². The van der Waals surface area contributed by atoms with Crippen LogP contribution in [0.25, 0.3) is 0 Å². The maximum atomic E-state index is 9.39. The molecule has 0 spiro atoms. The fraction of sp³-hybridized carbons (Fsp3) is 0. The van der Waals surface area contributed by atoms with Crippen LogP contribution in [0.4, 0.5) is 22.7 Å². The fourth-order valence-electron chi connectivity index (χ4n) is 1.87. The third kappa shape index (κ3) is 4.45. The minimum Gasteiger partial charge on any atom is -0.397 e. The van der Waals surface area contributed by atoms with Crippen molar-refractivity contribution in [2.45, 2.75) is 9.79 Å². The van der Waals surface area contributed by atoms with Crippen LogP contribution in [0, 0.1) is 22.7 Å². The predicted molar refractivity (Wildman–Crippen MR) is 110 cm³/mol. The van der Waals surface area contributed by atoms with Gasteiger partial charge in [0.05, 0.1) is 33.9 Å². The number of nitrogens with two attached hydrogens (primary N) is 4. The highest BCUT2D eigenvalue weighted by atomic mass is 32.2. The van der Waals surface area contributed by atoms with E-state index in [-0.39, 0.29) is 11.1 Å². The Morgan fingerprint density at radius 2 is 1.12 bits per heavy atom. The van der Waals surface area contributed by atoms with Gasteiger partial charge in [-0.15, -0.1) is 0 Å². The molecule has 0 amide bonds. The van der Waals surface area contributed by atoms with Crippen LogP contribution < -0.4 is 22.9 Å². The number of nitriles is 2. The maximum Gasteiger partial charge on any atom is 0.101 e. The number of benzene rings is 2. The average molecular weight is 381 g/mol. The molecule has 2 aromatic rings. The lowest BCUT2D eigenvalue weighted by molar-refractivity contribution is 1.44. The van der Waals surface area contributed by atoms with Crippen LogP contribution in [0.15, 0.2) is 68.2 Å². The summed E-state index contributed by atoms with van der Waals surface area (Å²) >= 11 is 2.46. The van der Waals surface area contributed by atoms with E-state index in [9.17, 15) is 10.5 Å². The van der Waals surface area contributed by atoms with E-state index in [4.69, 9.17) is 22.9 Å². The van der Waals surface area contributed by atoms with Gasteiger partial charge >= 0.3 is 0 Å². The molecule has 0 bridgehead atoms. The Hall–Kier alpha value is -3.20. The first-order valence-corrected chi connectivity index (χ1v) is 9.06. The molecule has 0 aliphatic carbocycles. The first kappa shape index (κ1) is 19.1. The zero-order valence-electron chi connectivity index (χ0n) is 13.6. The molecular formula is C18H16N6S2. The van der Waals surface area contributed by atoms with Crippen molar-refractivity contribution in [2.24, 2.45) is 0 Å². The van der Waals surface area contributed by atoms with Crippen LogP contribution in [0.3, 0.4) is 0 Å². The molecule has 0 atom stereocenters. The molecule has 0 aliphatic heterocycles. The molecule has 26 heavy (non-hydrogen) atoms. The summed E-state index contributed by atoms with van der Waals surface area (Å²) in [5.41, 5.74) is 25.6. The molecule has 2 aromatic carbocycles. The number of nitrogen functional groups attached to an aromatic ring is 4. The third-order valence-corrected chi connectivity index (χ3v) is 5.27. The summed E-state index contributed by atoms with van der Waals surface area (Å²) in [7, 11) is 0. The summed E-state index contributed by atoms with van der Waals surface area (Å²) in [4.78, 5) is 1.42. The van der Waals surface area contributed by atoms with Crippen molar-refractivity contribution < 1.29 is 0 Å². The Balaban J connectivity index is 2.26. The Morgan fingerprint density at radius 1 is 0.731 bits per heavy atom. The van der Waals surface area contributed by atoms with E-state index in [1.165, 1.54) is 23.5 Å². The van der Waals surface area contributed by atoms with Gasteiger partial charge in [-0.2, -0.15) is 10.5 Å². The van der Waals surface area contributed by atoms with Gasteiger partial charge in [-0.1, -0.05) is 35.7 Å². The molecule has 0 saturated heterocycles. The Kier molecular flexibility index (Phi) is 6.45. The number of thioether (sulfide) groups is 2. The van der Waals surface area contributed by atoms with E-state index < -0.39 is 0 Å². The number of hydrogen-bond acceptors (Lipinski definition) is 8. The molecule has 0 aromatic heterocycles. The van der Waals surface area contributed by atoms with Crippen LogP contribution >= 0.6 is 23.5 Å². The highest BCUT2D eigenvalue weighted by Gasteiger charge is 2.08. The van der Waals surface area contributed by atoms with E-state index >= 15 is 0 Å². The average Bonchev–Trinajstić information content (AvgIpc) is 2.64. The van der Waals surface area contributed by atoms with Crippen molar-refractivity contribution in [1.82, 2.24) is 0 Å². The highest BCUT2D eigenvalue weighted by molar-refractivity contribution is 8.02. The summed E-state index contributed by atoms with van der Waals surface area (Å²) in [5.74, 6) is 0. The lowest BCUT2D eigenvalue weighted by Gasteiger charge is -2.06. The van der Waals surface area contributed by atoms with Gasteiger partial charge in [-0.05, 0) is 35.1 Å². The van der Waals surface area contributed by atoms with Crippen LogP contribution in [0.5, 0.6) is 0 Å². The van der Waals surface area contributed by atoms with Crippen molar-refractivity contribution in [3.05, 3.63) is 58.4 Å². The molecule has 130 valence electrons. The zero-order valence-corrected chi connectivity index (χ0v) is 15.3. The third-order valence-electron chi connectivity index (χ3n) is 3.34. The Bertz CT molecular complexity index is 887. The van der Waals surface area contributed by atoms with Gasteiger partial charge in [0.2, 0.25) is 0 Å². The van der Waals surface area contributed by atoms with Crippen molar-refractivity contribution in [3.63, 3.8) is 0 Å². The largest absolute Gasteiger partial charge is 0.397 e. The minimum atomic E-state index is 0.217. The van der Waals surface area contributed by atoms with Crippen LogP contribution in [0.2, 0.25) is 0 Å². The first-order chi connectivity index (χ1) is 12.5. The molecule has 0 aliphatic rings. The number of hydrogen-bond donors (Lipinski definition) is 4. The number of allylic oxidation sites excluding steroid dienone is 2. The monoisotopic (exact) mass is 380 g/mol. The van der Waals surface area contributed by atoms with Crippen molar-refractivity contribution in [2.75, 3.05) is 22.9 Å². The van der Waals surface area contributed by atoms with Crippen LogP contribution in [-0.2, 0) is 0 Å². The van der Waals surface area contributed by atoms with E-state index in [1.807, 2.05) is 12.1 Å². The summed E-state index contributed by atoms with van der Waals surface area (Å²) < 4.78 is 0. The molecule has 8 N–H and O–H groups in total. The maximum absolute atomic E-state index is 9.39. The first-order valence-electron chi connectivity index (χ1n) is 7.30. The standard InChI is InChI=1S/C18H16N6S2/c19-7-11(9-25-15-5-1-3-13(21)17(15)23)12(8-20)10-26-16-6-2-4-14(22)18(16)24/h1-6,9-10H,21-24H2. The fourth-order valence-corrected chi connectivity index (χ4v) is 3.53. The second-order valence-electron chi connectivity index (χ2n) is 5.04. The summed E-state index contributed by atoms with van der Waals surface area (Å²) in [6.07, 6.45) is 0. The van der Waals surface area contributed by atoms with Gasteiger partial charge in [0.15, 0.2) is 0 Å². The molecule has 0 saturated carbocycles.